The number of para-hydroxylation sites is 1. The second kappa shape index (κ2) is 7.84. The number of fused-ring (bicyclic) bond motifs is 1. The molecule has 2 aliphatic rings. The third-order valence-corrected chi connectivity index (χ3v) is 4.71. The molecule has 1 aromatic rings. The van der Waals surface area contributed by atoms with Gasteiger partial charge in [0.05, 0.1) is 0 Å². The van der Waals surface area contributed by atoms with Crippen LogP contribution in [0.2, 0.25) is 0 Å². The summed E-state index contributed by atoms with van der Waals surface area (Å²) in [6, 6.07) is 9.12. The quantitative estimate of drug-likeness (QED) is 0.890. The van der Waals surface area contributed by atoms with Gasteiger partial charge >= 0.3 is 0 Å². The van der Waals surface area contributed by atoms with Gasteiger partial charge in [-0.1, -0.05) is 18.2 Å². The predicted molar refractivity (Wildman–Crippen MR) is 92.8 cm³/mol. The van der Waals surface area contributed by atoms with Gasteiger partial charge in [-0.3, -0.25) is 4.79 Å². The fraction of sp³-hybridized carbons (Fsp3) is 0.588. The summed E-state index contributed by atoms with van der Waals surface area (Å²) in [7, 11) is 0. The van der Waals surface area contributed by atoms with Gasteiger partial charge in [-0.25, -0.2) is 0 Å². The van der Waals surface area contributed by atoms with Crippen molar-refractivity contribution in [2.75, 3.05) is 31.1 Å². The molecule has 0 aliphatic carbocycles. The van der Waals surface area contributed by atoms with E-state index in [0.29, 0.717) is 6.04 Å². The highest BCUT2D eigenvalue weighted by Gasteiger charge is 2.25. The molecule has 0 bridgehead atoms. The minimum Gasteiger partial charge on any atom is -0.367 e. The Morgan fingerprint density at radius 2 is 2.05 bits per heavy atom. The van der Waals surface area contributed by atoms with Gasteiger partial charge in [0.2, 0.25) is 5.91 Å². The van der Waals surface area contributed by atoms with Crippen LogP contribution >= 0.6 is 12.4 Å². The highest BCUT2D eigenvalue weighted by Crippen LogP contribution is 2.31. The maximum Gasteiger partial charge on any atom is 0.223 e. The van der Waals surface area contributed by atoms with E-state index in [9.17, 15) is 4.79 Å². The number of piperidine rings is 1. The lowest BCUT2D eigenvalue weighted by Crippen LogP contribution is -2.42. The number of carbonyl (C=O) groups excluding carboxylic acids is 1. The van der Waals surface area contributed by atoms with Crippen LogP contribution in [0, 0.1) is 5.92 Å². The Kier molecular flexibility index (Phi) is 6.09. The molecule has 2 heterocycles. The molecule has 0 radical (unpaired) electrons. The van der Waals surface area contributed by atoms with Crippen molar-refractivity contribution in [3.05, 3.63) is 29.8 Å². The van der Waals surface area contributed by atoms with E-state index in [-0.39, 0.29) is 24.2 Å². The highest BCUT2D eigenvalue weighted by atomic mass is 35.5. The third kappa shape index (κ3) is 3.73. The van der Waals surface area contributed by atoms with E-state index >= 15 is 0 Å². The maximum atomic E-state index is 12.1. The van der Waals surface area contributed by atoms with Gasteiger partial charge in [-0.05, 0) is 50.9 Å². The highest BCUT2D eigenvalue weighted by molar-refractivity contribution is 5.85. The van der Waals surface area contributed by atoms with Gasteiger partial charge in [0.15, 0.2) is 0 Å². The smallest absolute Gasteiger partial charge is 0.223 e. The van der Waals surface area contributed by atoms with E-state index in [0.717, 1.165) is 45.4 Å². The van der Waals surface area contributed by atoms with Gasteiger partial charge in [-0.15, -0.1) is 12.4 Å². The van der Waals surface area contributed by atoms with Gasteiger partial charge in [-0.2, -0.15) is 0 Å². The second-order valence-corrected chi connectivity index (χ2v) is 6.19. The molecule has 0 aromatic heterocycles. The molecule has 1 saturated heterocycles. The van der Waals surface area contributed by atoms with Crippen molar-refractivity contribution in [1.29, 1.82) is 0 Å². The second-order valence-electron chi connectivity index (χ2n) is 6.19. The van der Waals surface area contributed by atoms with Crippen molar-refractivity contribution in [1.82, 2.24) is 10.6 Å². The monoisotopic (exact) mass is 323 g/mol. The van der Waals surface area contributed by atoms with Gasteiger partial charge in [0.25, 0.3) is 0 Å². The summed E-state index contributed by atoms with van der Waals surface area (Å²) in [5, 5.41) is 6.42. The number of nitrogens with one attached hydrogen (secondary N) is 2. The first-order valence-electron chi connectivity index (χ1n) is 8.08. The Labute approximate surface area is 139 Å². The van der Waals surface area contributed by atoms with Crippen molar-refractivity contribution in [3.8, 4) is 0 Å². The summed E-state index contributed by atoms with van der Waals surface area (Å²) in [6.07, 6.45) is 3.04. The van der Waals surface area contributed by atoms with E-state index in [2.05, 4.69) is 46.7 Å². The SMILES string of the molecule is CC1Cc2ccccc2N1CCNC(=O)C1CCNCC1.Cl. The summed E-state index contributed by atoms with van der Waals surface area (Å²) in [4.78, 5) is 14.6. The molecule has 1 amide bonds. The largest absolute Gasteiger partial charge is 0.367 e. The summed E-state index contributed by atoms with van der Waals surface area (Å²) < 4.78 is 0. The van der Waals surface area contributed by atoms with Gasteiger partial charge in [0, 0.05) is 30.7 Å². The summed E-state index contributed by atoms with van der Waals surface area (Å²) in [5.41, 5.74) is 2.76. The Hall–Kier alpha value is -1.26. The molecule has 2 aliphatic heterocycles. The maximum absolute atomic E-state index is 12.1. The molecule has 0 spiro atoms. The van der Waals surface area contributed by atoms with Crippen LogP contribution in [-0.4, -0.2) is 38.1 Å². The van der Waals surface area contributed by atoms with Crippen LogP contribution in [0.1, 0.15) is 25.3 Å². The van der Waals surface area contributed by atoms with Crippen molar-refractivity contribution in [3.63, 3.8) is 0 Å². The molecule has 1 fully saturated rings. The number of nitrogens with zero attached hydrogens (tertiary/aromatic N) is 1. The zero-order chi connectivity index (χ0) is 14.7. The Balaban J connectivity index is 0.00000176. The van der Waals surface area contributed by atoms with Gasteiger partial charge < -0.3 is 15.5 Å². The molecule has 3 rings (SSSR count). The van der Waals surface area contributed by atoms with E-state index in [1.807, 2.05) is 0 Å². The Morgan fingerprint density at radius 1 is 1.32 bits per heavy atom. The number of hydrogen-bond acceptors (Lipinski definition) is 3. The van der Waals surface area contributed by atoms with Crippen LogP contribution in [0.4, 0.5) is 5.69 Å². The van der Waals surface area contributed by atoms with E-state index in [4.69, 9.17) is 0 Å². The molecule has 1 atom stereocenters. The van der Waals surface area contributed by atoms with Crippen LogP contribution in [0.15, 0.2) is 24.3 Å². The van der Waals surface area contributed by atoms with Crippen molar-refractivity contribution in [2.45, 2.75) is 32.2 Å². The number of rotatable bonds is 4. The fourth-order valence-electron chi connectivity index (χ4n) is 3.50. The Morgan fingerprint density at radius 3 is 2.82 bits per heavy atom. The fourth-order valence-corrected chi connectivity index (χ4v) is 3.50. The first-order chi connectivity index (χ1) is 10.3. The lowest BCUT2D eigenvalue weighted by molar-refractivity contribution is -0.125. The summed E-state index contributed by atoms with van der Waals surface area (Å²) >= 11 is 0. The number of anilines is 1. The van der Waals surface area contributed by atoms with E-state index in [1.165, 1.54) is 11.3 Å². The Bertz CT molecular complexity index is 502. The minimum absolute atomic E-state index is 0. The average Bonchev–Trinajstić information content (AvgIpc) is 2.84. The summed E-state index contributed by atoms with van der Waals surface area (Å²) in [5.74, 6) is 0.436. The van der Waals surface area contributed by atoms with E-state index < -0.39 is 0 Å². The van der Waals surface area contributed by atoms with Gasteiger partial charge in [0.1, 0.15) is 0 Å². The van der Waals surface area contributed by atoms with Crippen LogP contribution in [0.5, 0.6) is 0 Å². The lowest BCUT2D eigenvalue weighted by Gasteiger charge is -2.26. The number of hydrogen-bond donors (Lipinski definition) is 2. The average molecular weight is 324 g/mol. The lowest BCUT2D eigenvalue weighted by atomic mass is 9.97. The molecule has 4 nitrogen and oxygen atoms in total. The number of halogens is 1. The van der Waals surface area contributed by atoms with E-state index in [1.54, 1.807) is 0 Å². The molecule has 0 saturated carbocycles. The van der Waals surface area contributed by atoms with Crippen LogP contribution in [0.25, 0.3) is 0 Å². The zero-order valence-electron chi connectivity index (χ0n) is 13.2. The molecule has 5 heteroatoms. The first-order valence-corrected chi connectivity index (χ1v) is 8.08. The summed E-state index contributed by atoms with van der Waals surface area (Å²) in [6.45, 7) is 5.83. The first kappa shape index (κ1) is 17.1. The molecule has 1 aromatic carbocycles. The van der Waals surface area contributed by atoms with Crippen LogP contribution in [-0.2, 0) is 11.2 Å². The molecule has 22 heavy (non-hydrogen) atoms. The molecule has 1 unspecified atom stereocenters. The third-order valence-electron chi connectivity index (χ3n) is 4.71. The molecular formula is C17H26ClN3O. The van der Waals surface area contributed by atoms with Crippen LogP contribution in [0.3, 0.4) is 0 Å². The van der Waals surface area contributed by atoms with Crippen molar-refractivity contribution in [2.24, 2.45) is 5.92 Å². The zero-order valence-corrected chi connectivity index (χ0v) is 14.0. The molecule has 2 N–H and O–H groups in total. The van der Waals surface area contributed by atoms with Crippen LogP contribution < -0.4 is 15.5 Å². The standard InChI is InChI=1S/C17H25N3O.ClH/c1-13-12-15-4-2-3-5-16(15)20(13)11-10-19-17(21)14-6-8-18-9-7-14;/h2-5,13-14,18H,6-12H2,1H3,(H,19,21);1H. The molecular weight excluding hydrogens is 298 g/mol. The predicted octanol–water partition coefficient (Wildman–Crippen LogP) is 1.98. The number of amides is 1. The number of carbonyl (C=O) groups is 1. The molecule has 122 valence electrons. The topological polar surface area (TPSA) is 44.4 Å². The van der Waals surface area contributed by atoms with Crippen molar-refractivity contribution < 1.29 is 4.79 Å². The minimum atomic E-state index is 0. The normalized spacial score (nSPS) is 21.1. The van der Waals surface area contributed by atoms with Crippen molar-refractivity contribution >= 4 is 24.0 Å². The number of benzene rings is 1.